The van der Waals surface area contributed by atoms with E-state index in [0.717, 1.165) is 27.0 Å². The van der Waals surface area contributed by atoms with Crippen molar-refractivity contribution in [3.63, 3.8) is 0 Å². The van der Waals surface area contributed by atoms with Gasteiger partial charge in [0, 0.05) is 16.2 Å². The molecule has 0 aliphatic rings. The quantitative estimate of drug-likeness (QED) is 0.621. The number of halogens is 1. The van der Waals surface area contributed by atoms with Gasteiger partial charge in [0.1, 0.15) is 6.54 Å². The number of rotatable bonds is 4. The molecule has 0 atom stereocenters. The van der Waals surface area contributed by atoms with Crippen LogP contribution in [0.4, 0.5) is 0 Å². The van der Waals surface area contributed by atoms with Gasteiger partial charge in [0.25, 0.3) is 11.8 Å². The minimum atomic E-state index is -0.413. The molecule has 0 bridgehead atoms. The molecule has 7 heteroatoms. The third-order valence-corrected chi connectivity index (χ3v) is 3.98. The number of amides is 2. The predicted molar refractivity (Wildman–Crippen MR) is 95.9 cm³/mol. The Balaban J connectivity index is 1.85. The molecule has 0 spiro atoms. The normalized spacial score (nSPS) is 10.8. The van der Waals surface area contributed by atoms with Crippen molar-refractivity contribution in [1.29, 1.82) is 0 Å². The second-order valence-corrected chi connectivity index (χ2v) is 6.33. The van der Waals surface area contributed by atoms with Gasteiger partial charge in [-0.1, -0.05) is 28.1 Å². The van der Waals surface area contributed by atoms with Gasteiger partial charge in [-0.2, -0.15) is 5.10 Å². The highest BCUT2D eigenvalue weighted by molar-refractivity contribution is 9.10. The van der Waals surface area contributed by atoms with Crippen LogP contribution in [0.2, 0.25) is 0 Å². The minimum Gasteiger partial charge on any atom is -0.271 e. The number of carbonyl (C=O) groups is 2. The lowest BCUT2D eigenvalue weighted by Crippen LogP contribution is -2.42. The number of aryl methyl sites for hydroxylation is 3. The standard InChI is InChI=1S/C17H19BrN4O2/c1-11-4-5-14(15(18)8-11)6-7-16(23)19-20-17(24)10-22-13(3)9-12(2)21-22/h4-9H,10H2,1-3H3,(H,19,23)(H,20,24)/b7-6+. The van der Waals surface area contributed by atoms with E-state index < -0.39 is 5.91 Å². The highest BCUT2D eigenvalue weighted by Gasteiger charge is 2.07. The number of hydrazine groups is 1. The molecular formula is C17H19BrN4O2. The Kier molecular flexibility index (Phi) is 5.92. The SMILES string of the molecule is Cc1ccc(/C=C/C(=O)NNC(=O)Cn2nc(C)cc2C)c(Br)c1. The van der Waals surface area contributed by atoms with Crippen LogP contribution in [-0.4, -0.2) is 21.6 Å². The number of nitrogens with one attached hydrogen (secondary N) is 2. The van der Waals surface area contributed by atoms with Gasteiger partial charge in [0.05, 0.1) is 5.69 Å². The fourth-order valence-electron chi connectivity index (χ4n) is 2.12. The largest absolute Gasteiger partial charge is 0.271 e. The molecule has 2 amide bonds. The van der Waals surface area contributed by atoms with Gasteiger partial charge >= 0.3 is 0 Å². The van der Waals surface area contributed by atoms with Gasteiger partial charge in [-0.15, -0.1) is 0 Å². The first kappa shape index (κ1) is 17.9. The highest BCUT2D eigenvalue weighted by Crippen LogP contribution is 2.19. The fourth-order valence-corrected chi connectivity index (χ4v) is 2.74. The first-order valence-electron chi connectivity index (χ1n) is 7.39. The summed E-state index contributed by atoms with van der Waals surface area (Å²) in [6, 6.07) is 7.71. The fraction of sp³-hybridized carbons (Fsp3) is 0.235. The molecule has 0 radical (unpaired) electrons. The van der Waals surface area contributed by atoms with E-state index in [2.05, 4.69) is 31.9 Å². The van der Waals surface area contributed by atoms with E-state index in [9.17, 15) is 9.59 Å². The number of nitrogens with zero attached hydrogens (tertiary/aromatic N) is 2. The average molecular weight is 391 g/mol. The summed E-state index contributed by atoms with van der Waals surface area (Å²) in [5.41, 5.74) is 8.45. The molecule has 1 aromatic carbocycles. The molecule has 2 N–H and O–H groups in total. The van der Waals surface area contributed by atoms with E-state index in [0.29, 0.717) is 0 Å². The lowest BCUT2D eigenvalue weighted by Gasteiger charge is -2.07. The van der Waals surface area contributed by atoms with E-state index in [1.54, 1.807) is 10.8 Å². The maximum absolute atomic E-state index is 11.8. The van der Waals surface area contributed by atoms with Crippen LogP contribution in [0, 0.1) is 20.8 Å². The molecule has 0 fully saturated rings. The highest BCUT2D eigenvalue weighted by atomic mass is 79.9. The Morgan fingerprint density at radius 1 is 1.21 bits per heavy atom. The van der Waals surface area contributed by atoms with E-state index in [-0.39, 0.29) is 12.5 Å². The summed E-state index contributed by atoms with van der Waals surface area (Å²) in [5, 5.41) is 4.19. The summed E-state index contributed by atoms with van der Waals surface area (Å²) >= 11 is 3.44. The van der Waals surface area contributed by atoms with Crippen molar-refractivity contribution >= 4 is 33.8 Å². The van der Waals surface area contributed by atoms with Crippen molar-refractivity contribution in [2.75, 3.05) is 0 Å². The Labute approximate surface area is 149 Å². The van der Waals surface area contributed by atoms with Gasteiger partial charge in [0.2, 0.25) is 0 Å². The van der Waals surface area contributed by atoms with Crippen LogP contribution in [0.3, 0.4) is 0 Å². The van der Waals surface area contributed by atoms with E-state index >= 15 is 0 Å². The molecular weight excluding hydrogens is 372 g/mol. The molecule has 0 aliphatic carbocycles. The topological polar surface area (TPSA) is 76.0 Å². The van der Waals surface area contributed by atoms with Gasteiger partial charge in [-0.05, 0) is 50.1 Å². The maximum atomic E-state index is 11.8. The van der Waals surface area contributed by atoms with E-state index in [1.807, 2.05) is 45.0 Å². The summed E-state index contributed by atoms with van der Waals surface area (Å²) in [4.78, 5) is 23.6. The number of hydrogen-bond donors (Lipinski definition) is 2. The zero-order valence-corrected chi connectivity index (χ0v) is 15.3. The number of hydrogen-bond acceptors (Lipinski definition) is 3. The van der Waals surface area contributed by atoms with Crippen molar-refractivity contribution in [2.45, 2.75) is 27.3 Å². The molecule has 0 unspecified atom stereocenters. The molecule has 2 aromatic rings. The van der Waals surface area contributed by atoms with Crippen molar-refractivity contribution in [1.82, 2.24) is 20.6 Å². The van der Waals surface area contributed by atoms with Crippen molar-refractivity contribution in [3.8, 4) is 0 Å². The smallest absolute Gasteiger partial charge is 0.262 e. The van der Waals surface area contributed by atoms with Crippen LogP contribution >= 0.6 is 15.9 Å². The van der Waals surface area contributed by atoms with Crippen LogP contribution in [0.15, 0.2) is 34.8 Å². The molecule has 0 saturated carbocycles. The predicted octanol–water partition coefficient (Wildman–Crippen LogP) is 2.43. The Bertz CT molecular complexity index is 796. The van der Waals surface area contributed by atoms with E-state index in [1.165, 1.54) is 6.08 Å². The second kappa shape index (κ2) is 7.92. The van der Waals surface area contributed by atoms with Crippen LogP contribution in [-0.2, 0) is 16.1 Å². The summed E-state index contributed by atoms with van der Waals surface area (Å²) in [6.45, 7) is 5.77. The molecule has 24 heavy (non-hydrogen) atoms. The van der Waals surface area contributed by atoms with Gasteiger partial charge < -0.3 is 0 Å². The van der Waals surface area contributed by atoms with Crippen LogP contribution in [0.25, 0.3) is 6.08 Å². The molecule has 1 heterocycles. The molecule has 1 aromatic heterocycles. The molecule has 0 saturated heterocycles. The zero-order valence-electron chi connectivity index (χ0n) is 13.8. The summed E-state index contributed by atoms with van der Waals surface area (Å²) in [6.07, 6.45) is 3.03. The number of carbonyl (C=O) groups excluding carboxylic acids is 2. The Morgan fingerprint density at radius 3 is 2.58 bits per heavy atom. The van der Waals surface area contributed by atoms with E-state index in [4.69, 9.17) is 0 Å². The Hall–Kier alpha value is -2.41. The first-order chi connectivity index (χ1) is 11.3. The van der Waals surface area contributed by atoms with Gasteiger partial charge in [-0.3, -0.25) is 25.1 Å². The lowest BCUT2D eigenvalue weighted by molar-refractivity contribution is -0.127. The van der Waals surface area contributed by atoms with Gasteiger partial charge in [-0.25, -0.2) is 0 Å². The summed E-state index contributed by atoms with van der Waals surface area (Å²) < 4.78 is 2.48. The number of aromatic nitrogens is 2. The van der Waals surface area contributed by atoms with Gasteiger partial charge in [0.15, 0.2) is 0 Å². The third kappa shape index (κ3) is 5.06. The third-order valence-electron chi connectivity index (χ3n) is 3.29. The molecule has 6 nitrogen and oxygen atoms in total. The van der Waals surface area contributed by atoms with Crippen LogP contribution in [0.1, 0.15) is 22.5 Å². The second-order valence-electron chi connectivity index (χ2n) is 5.48. The maximum Gasteiger partial charge on any atom is 0.262 e. The molecule has 126 valence electrons. The molecule has 0 aliphatic heterocycles. The van der Waals surface area contributed by atoms with Crippen molar-refractivity contribution in [3.05, 3.63) is 57.3 Å². The lowest BCUT2D eigenvalue weighted by atomic mass is 10.1. The average Bonchev–Trinajstić information content (AvgIpc) is 2.82. The first-order valence-corrected chi connectivity index (χ1v) is 8.18. The number of benzene rings is 1. The Morgan fingerprint density at radius 2 is 1.96 bits per heavy atom. The zero-order chi connectivity index (χ0) is 17.7. The van der Waals surface area contributed by atoms with Crippen molar-refractivity contribution in [2.24, 2.45) is 0 Å². The van der Waals surface area contributed by atoms with Crippen molar-refractivity contribution < 1.29 is 9.59 Å². The summed E-state index contributed by atoms with van der Waals surface area (Å²) in [7, 11) is 0. The monoisotopic (exact) mass is 390 g/mol. The minimum absolute atomic E-state index is 0.0488. The van der Waals surface area contributed by atoms with Crippen LogP contribution in [0.5, 0.6) is 0 Å². The summed E-state index contributed by atoms with van der Waals surface area (Å²) in [5.74, 6) is -0.761. The molecule has 2 rings (SSSR count). The van der Waals surface area contributed by atoms with Crippen LogP contribution < -0.4 is 10.9 Å².